The van der Waals surface area contributed by atoms with Gasteiger partial charge in [-0.15, -0.1) is 0 Å². The lowest BCUT2D eigenvalue weighted by Gasteiger charge is -2.29. The van der Waals surface area contributed by atoms with Crippen LogP contribution in [0.1, 0.15) is 22.5 Å². The minimum atomic E-state index is -0.917. The minimum absolute atomic E-state index is 0.0593. The molecule has 7 heteroatoms. The van der Waals surface area contributed by atoms with E-state index in [1.807, 2.05) is 28.7 Å². The van der Waals surface area contributed by atoms with E-state index in [2.05, 4.69) is 9.97 Å². The maximum atomic E-state index is 12.3. The number of carbonyl (C=O) groups is 1. The van der Waals surface area contributed by atoms with Crippen LogP contribution in [0.15, 0.2) is 29.2 Å². The zero-order valence-electron chi connectivity index (χ0n) is 13.3. The van der Waals surface area contributed by atoms with E-state index in [9.17, 15) is 9.90 Å². The SMILES string of the molecule is Cc1cc(N2CC[C@](O)(CN(C)C(=O)c3ccsc3)C2)ncn1. The molecule has 0 aromatic carbocycles. The number of aliphatic hydroxyl groups is 1. The van der Waals surface area contributed by atoms with E-state index in [4.69, 9.17) is 0 Å². The smallest absolute Gasteiger partial charge is 0.254 e. The summed E-state index contributed by atoms with van der Waals surface area (Å²) in [6.07, 6.45) is 2.14. The lowest BCUT2D eigenvalue weighted by atomic mass is 10.0. The predicted molar refractivity (Wildman–Crippen MR) is 89.8 cm³/mol. The standard InChI is InChI=1S/C16H20N4O2S/c1-12-7-14(18-11-17-12)20-5-4-16(22,10-20)9-19(2)15(21)13-3-6-23-8-13/h3,6-8,11,22H,4-5,9-10H2,1-2H3/t16-/m0/s1. The number of hydrogen-bond acceptors (Lipinski definition) is 6. The number of aryl methyl sites for hydroxylation is 1. The van der Waals surface area contributed by atoms with Crippen molar-refractivity contribution in [2.24, 2.45) is 0 Å². The van der Waals surface area contributed by atoms with Crippen LogP contribution in [-0.2, 0) is 0 Å². The molecule has 122 valence electrons. The van der Waals surface area contributed by atoms with Gasteiger partial charge in [-0.3, -0.25) is 4.79 Å². The number of anilines is 1. The minimum Gasteiger partial charge on any atom is -0.386 e. The van der Waals surface area contributed by atoms with E-state index in [-0.39, 0.29) is 5.91 Å². The molecule has 1 aliphatic rings. The van der Waals surface area contributed by atoms with Crippen molar-refractivity contribution in [1.82, 2.24) is 14.9 Å². The van der Waals surface area contributed by atoms with Crippen LogP contribution in [0, 0.1) is 6.92 Å². The number of hydrogen-bond donors (Lipinski definition) is 1. The largest absolute Gasteiger partial charge is 0.386 e. The second-order valence-corrected chi connectivity index (χ2v) is 6.87. The molecule has 0 unspecified atom stereocenters. The van der Waals surface area contributed by atoms with Crippen molar-refractivity contribution in [3.8, 4) is 0 Å². The van der Waals surface area contributed by atoms with Gasteiger partial charge in [0.05, 0.1) is 12.1 Å². The predicted octanol–water partition coefficient (Wildman–Crippen LogP) is 1.56. The van der Waals surface area contributed by atoms with Gasteiger partial charge >= 0.3 is 0 Å². The quantitative estimate of drug-likeness (QED) is 0.920. The second-order valence-electron chi connectivity index (χ2n) is 6.09. The summed E-state index contributed by atoms with van der Waals surface area (Å²) in [6.45, 7) is 3.40. The fourth-order valence-electron chi connectivity index (χ4n) is 2.91. The molecule has 1 fully saturated rings. The third-order valence-corrected chi connectivity index (χ3v) is 4.78. The molecule has 2 aromatic heterocycles. The summed E-state index contributed by atoms with van der Waals surface area (Å²) in [5.41, 5.74) is 0.650. The average Bonchev–Trinajstić information content (AvgIpc) is 3.16. The van der Waals surface area contributed by atoms with Gasteiger partial charge in [-0.25, -0.2) is 9.97 Å². The van der Waals surface area contributed by atoms with Crippen molar-refractivity contribution in [3.63, 3.8) is 0 Å². The maximum Gasteiger partial charge on any atom is 0.254 e. The molecule has 2 aromatic rings. The van der Waals surface area contributed by atoms with E-state index in [0.29, 0.717) is 31.6 Å². The van der Waals surface area contributed by atoms with Crippen LogP contribution in [0.2, 0.25) is 0 Å². The van der Waals surface area contributed by atoms with Gasteiger partial charge in [0.15, 0.2) is 0 Å². The Balaban J connectivity index is 1.65. The Labute approximate surface area is 139 Å². The first-order chi connectivity index (χ1) is 11.0. The van der Waals surface area contributed by atoms with E-state index < -0.39 is 5.60 Å². The lowest BCUT2D eigenvalue weighted by molar-refractivity contribution is 0.0264. The van der Waals surface area contributed by atoms with Crippen molar-refractivity contribution in [2.45, 2.75) is 18.9 Å². The normalized spacial score (nSPS) is 20.7. The summed E-state index contributed by atoms with van der Waals surface area (Å²) in [7, 11) is 1.73. The van der Waals surface area contributed by atoms with E-state index in [1.165, 1.54) is 17.7 Å². The van der Waals surface area contributed by atoms with Gasteiger partial charge in [-0.05, 0) is 24.8 Å². The van der Waals surface area contributed by atoms with Gasteiger partial charge in [-0.2, -0.15) is 11.3 Å². The summed E-state index contributed by atoms with van der Waals surface area (Å²) >= 11 is 1.49. The monoisotopic (exact) mass is 332 g/mol. The summed E-state index contributed by atoms with van der Waals surface area (Å²) in [5, 5.41) is 14.5. The average molecular weight is 332 g/mol. The maximum absolute atomic E-state index is 12.3. The van der Waals surface area contributed by atoms with Gasteiger partial charge in [0.2, 0.25) is 0 Å². The van der Waals surface area contributed by atoms with E-state index >= 15 is 0 Å². The van der Waals surface area contributed by atoms with Crippen LogP contribution in [0.4, 0.5) is 5.82 Å². The summed E-state index contributed by atoms with van der Waals surface area (Å²) in [5.74, 6) is 0.760. The molecule has 0 bridgehead atoms. The number of aromatic nitrogens is 2. The molecule has 0 aliphatic carbocycles. The molecule has 0 spiro atoms. The van der Waals surface area contributed by atoms with Crippen LogP contribution in [0.25, 0.3) is 0 Å². The number of thiophene rings is 1. The fraction of sp³-hybridized carbons (Fsp3) is 0.438. The summed E-state index contributed by atoms with van der Waals surface area (Å²) in [6, 6.07) is 3.71. The molecule has 3 heterocycles. The zero-order chi connectivity index (χ0) is 16.4. The van der Waals surface area contributed by atoms with Gasteiger partial charge in [0.25, 0.3) is 5.91 Å². The summed E-state index contributed by atoms with van der Waals surface area (Å²) in [4.78, 5) is 24.3. The molecule has 1 atom stereocenters. The Bertz CT molecular complexity index is 691. The van der Waals surface area contributed by atoms with Crippen LogP contribution in [0.5, 0.6) is 0 Å². The Morgan fingerprint density at radius 3 is 3.04 bits per heavy atom. The molecule has 0 radical (unpaired) electrons. The first-order valence-electron chi connectivity index (χ1n) is 7.50. The third-order valence-electron chi connectivity index (χ3n) is 4.09. The highest BCUT2D eigenvalue weighted by atomic mass is 32.1. The lowest BCUT2D eigenvalue weighted by Crippen LogP contribution is -2.45. The van der Waals surface area contributed by atoms with Gasteiger partial charge < -0.3 is 14.9 Å². The highest BCUT2D eigenvalue weighted by Gasteiger charge is 2.38. The number of amides is 1. The van der Waals surface area contributed by atoms with Crippen LogP contribution < -0.4 is 4.90 Å². The van der Waals surface area contributed by atoms with Gasteiger partial charge in [0.1, 0.15) is 17.7 Å². The van der Waals surface area contributed by atoms with Crippen molar-refractivity contribution in [3.05, 3.63) is 40.5 Å². The number of nitrogens with zero attached hydrogens (tertiary/aromatic N) is 4. The van der Waals surface area contributed by atoms with Crippen molar-refractivity contribution in [2.75, 3.05) is 31.6 Å². The first kappa shape index (κ1) is 15.9. The molecular formula is C16H20N4O2S. The fourth-order valence-corrected chi connectivity index (χ4v) is 3.54. The molecule has 6 nitrogen and oxygen atoms in total. The molecule has 1 saturated heterocycles. The summed E-state index contributed by atoms with van der Waals surface area (Å²) < 4.78 is 0. The van der Waals surface area contributed by atoms with Crippen molar-refractivity contribution >= 4 is 23.1 Å². The first-order valence-corrected chi connectivity index (χ1v) is 8.45. The Morgan fingerprint density at radius 2 is 2.35 bits per heavy atom. The van der Waals surface area contributed by atoms with E-state index in [1.54, 1.807) is 18.0 Å². The highest BCUT2D eigenvalue weighted by molar-refractivity contribution is 7.08. The van der Waals surface area contributed by atoms with Crippen LogP contribution in [-0.4, -0.2) is 58.2 Å². The van der Waals surface area contributed by atoms with Crippen LogP contribution >= 0.6 is 11.3 Å². The number of β-amino-alcohol motifs (C(OH)–C–C–N with tert-alkyl or cyclic N) is 1. The molecule has 1 aliphatic heterocycles. The number of carbonyl (C=O) groups excluding carboxylic acids is 1. The zero-order valence-corrected chi connectivity index (χ0v) is 14.1. The Morgan fingerprint density at radius 1 is 1.52 bits per heavy atom. The molecule has 1 N–H and O–H groups in total. The second kappa shape index (κ2) is 6.25. The topological polar surface area (TPSA) is 69.6 Å². The van der Waals surface area contributed by atoms with Crippen molar-refractivity contribution in [1.29, 1.82) is 0 Å². The number of likely N-dealkylation sites (N-methyl/N-ethyl adjacent to an activating group) is 1. The Kier molecular flexibility index (Phi) is 4.32. The molecule has 23 heavy (non-hydrogen) atoms. The van der Waals surface area contributed by atoms with E-state index in [0.717, 1.165) is 11.5 Å². The molecule has 3 rings (SSSR count). The molecular weight excluding hydrogens is 312 g/mol. The van der Waals surface area contributed by atoms with Crippen molar-refractivity contribution < 1.29 is 9.90 Å². The van der Waals surface area contributed by atoms with Gasteiger partial charge in [0, 0.05) is 37.3 Å². The Hall–Kier alpha value is -1.99. The highest BCUT2D eigenvalue weighted by Crippen LogP contribution is 2.26. The number of rotatable bonds is 4. The van der Waals surface area contributed by atoms with Gasteiger partial charge in [-0.1, -0.05) is 0 Å². The third kappa shape index (κ3) is 3.51. The molecule has 0 saturated carbocycles. The molecule has 1 amide bonds. The van der Waals surface area contributed by atoms with Crippen LogP contribution in [0.3, 0.4) is 0 Å².